The molecule has 1 aromatic rings. The van der Waals surface area contributed by atoms with E-state index < -0.39 is 30.9 Å². The molecule has 0 aromatic carbocycles. The van der Waals surface area contributed by atoms with Crippen LogP contribution in [0, 0.1) is 0 Å². The first-order valence-corrected chi connectivity index (χ1v) is 7.40. The number of carbonyl (C=O) groups excluding carboxylic acids is 1. The fraction of sp³-hybridized carbons (Fsp3) is 0.667. The lowest BCUT2D eigenvalue weighted by Crippen LogP contribution is -2.34. The Bertz CT molecular complexity index is 468. The number of hydrogen-bond donors (Lipinski definition) is 4. The van der Waals surface area contributed by atoms with E-state index in [1.165, 1.54) is 6.07 Å². The van der Waals surface area contributed by atoms with Gasteiger partial charge in [0.15, 0.2) is 0 Å². The Labute approximate surface area is 129 Å². The highest BCUT2D eigenvalue weighted by Gasteiger charge is 2.30. The molecule has 0 fully saturated rings. The molecule has 22 heavy (non-hydrogen) atoms. The summed E-state index contributed by atoms with van der Waals surface area (Å²) < 4.78 is 10.4. The predicted molar refractivity (Wildman–Crippen MR) is 77.3 cm³/mol. The van der Waals surface area contributed by atoms with E-state index in [4.69, 9.17) is 14.3 Å². The zero-order valence-corrected chi connectivity index (χ0v) is 12.9. The van der Waals surface area contributed by atoms with Crippen molar-refractivity contribution >= 4 is 5.97 Å². The van der Waals surface area contributed by atoms with E-state index in [0.717, 1.165) is 12.8 Å². The Kier molecular flexibility index (Phi) is 7.53. The monoisotopic (exact) mass is 316 g/mol. The second-order valence-corrected chi connectivity index (χ2v) is 4.99. The molecule has 0 radical (unpaired) electrons. The largest absolute Gasteiger partial charge is 0.462 e. The summed E-state index contributed by atoms with van der Waals surface area (Å²) in [5.41, 5.74) is 0.204. The highest BCUT2D eigenvalue weighted by atomic mass is 16.5. The number of ether oxygens (including phenoxy) is 1. The minimum absolute atomic E-state index is 0.0471. The van der Waals surface area contributed by atoms with E-state index in [2.05, 4.69) is 0 Å². The van der Waals surface area contributed by atoms with E-state index in [1.54, 1.807) is 6.92 Å². The number of aliphatic hydroxyl groups is 4. The van der Waals surface area contributed by atoms with Crippen molar-refractivity contribution in [2.45, 2.75) is 51.4 Å². The Hall–Kier alpha value is -1.41. The number of aryl methyl sites for hydroxylation is 1. The number of rotatable bonds is 9. The van der Waals surface area contributed by atoms with Crippen molar-refractivity contribution in [2.24, 2.45) is 0 Å². The molecule has 0 unspecified atom stereocenters. The van der Waals surface area contributed by atoms with Gasteiger partial charge in [0.05, 0.1) is 13.2 Å². The van der Waals surface area contributed by atoms with Crippen molar-refractivity contribution in [3.63, 3.8) is 0 Å². The van der Waals surface area contributed by atoms with Crippen molar-refractivity contribution in [2.75, 3.05) is 13.2 Å². The van der Waals surface area contributed by atoms with Gasteiger partial charge < -0.3 is 29.6 Å². The second kappa shape index (κ2) is 8.89. The molecule has 4 N–H and O–H groups in total. The zero-order valence-electron chi connectivity index (χ0n) is 12.9. The van der Waals surface area contributed by atoms with Gasteiger partial charge in [0.1, 0.15) is 35.4 Å². The summed E-state index contributed by atoms with van der Waals surface area (Å²) in [7, 11) is 0. The van der Waals surface area contributed by atoms with E-state index in [1.807, 2.05) is 6.92 Å². The van der Waals surface area contributed by atoms with Gasteiger partial charge in [-0.3, -0.25) is 0 Å². The number of unbranched alkanes of at least 4 members (excludes halogenated alkanes) is 1. The third-order valence-corrected chi connectivity index (χ3v) is 3.28. The molecule has 0 aliphatic rings. The number of furan rings is 1. The van der Waals surface area contributed by atoms with Crippen molar-refractivity contribution in [3.8, 4) is 0 Å². The first-order valence-electron chi connectivity index (χ1n) is 7.40. The van der Waals surface area contributed by atoms with Crippen LogP contribution in [0.2, 0.25) is 0 Å². The third-order valence-electron chi connectivity index (χ3n) is 3.28. The minimum atomic E-state index is -1.62. The summed E-state index contributed by atoms with van der Waals surface area (Å²) in [5.74, 6) is -0.234. The van der Waals surface area contributed by atoms with Gasteiger partial charge in [-0.15, -0.1) is 0 Å². The summed E-state index contributed by atoms with van der Waals surface area (Å²) in [6, 6.07) is 1.31. The molecule has 0 aliphatic heterocycles. The Balaban J connectivity index is 3.03. The normalized spacial score (nSPS) is 15.4. The summed E-state index contributed by atoms with van der Waals surface area (Å²) >= 11 is 0. The molecular formula is C15H24O7. The van der Waals surface area contributed by atoms with Crippen LogP contribution in [0.25, 0.3) is 0 Å². The molecule has 0 saturated heterocycles. The smallest absolute Gasteiger partial charge is 0.341 e. The second-order valence-electron chi connectivity index (χ2n) is 4.99. The number of aliphatic hydroxyl groups excluding tert-OH is 4. The van der Waals surface area contributed by atoms with Gasteiger partial charge >= 0.3 is 5.97 Å². The maximum absolute atomic E-state index is 11.9. The van der Waals surface area contributed by atoms with Crippen LogP contribution in [0.4, 0.5) is 0 Å². The van der Waals surface area contributed by atoms with Gasteiger partial charge in [-0.1, -0.05) is 13.3 Å². The maximum Gasteiger partial charge on any atom is 0.341 e. The topological polar surface area (TPSA) is 120 Å². The van der Waals surface area contributed by atoms with Crippen LogP contribution >= 0.6 is 0 Å². The molecule has 0 saturated carbocycles. The van der Waals surface area contributed by atoms with Gasteiger partial charge in [0, 0.05) is 6.42 Å². The molecule has 7 heteroatoms. The highest BCUT2D eigenvalue weighted by molar-refractivity contribution is 5.90. The number of esters is 1. The molecule has 3 atom stereocenters. The number of hydrogen-bond acceptors (Lipinski definition) is 7. The lowest BCUT2D eigenvalue weighted by Gasteiger charge is -2.19. The van der Waals surface area contributed by atoms with Crippen LogP contribution in [-0.4, -0.2) is 51.8 Å². The van der Waals surface area contributed by atoms with Crippen LogP contribution in [0.5, 0.6) is 0 Å². The average Bonchev–Trinajstić information content (AvgIpc) is 2.95. The van der Waals surface area contributed by atoms with E-state index in [-0.39, 0.29) is 17.9 Å². The lowest BCUT2D eigenvalue weighted by molar-refractivity contribution is -0.0838. The van der Waals surface area contributed by atoms with E-state index in [0.29, 0.717) is 12.2 Å². The lowest BCUT2D eigenvalue weighted by atomic mass is 10.1. The Morgan fingerprint density at radius 2 is 2.00 bits per heavy atom. The molecule has 0 bridgehead atoms. The summed E-state index contributed by atoms with van der Waals surface area (Å²) in [4.78, 5) is 11.9. The summed E-state index contributed by atoms with van der Waals surface area (Å²) in [5, 5.41) is 37.9. The quantitative estimate of drug-likeness (QED) is 0.491. The fourth-order valence-corrected chi connectivity index (χ4v) is 1.99. The molecule has 1 heterocycles. The van der Waals surface area contributed by atoms with Gasteiger partial charge in [-0.2, -0.15) is 0 Å². The van der Waals surface area contributed by atoms with Crippen LogP contribution in [0.15, 0.2) is 10.5 Å². The SMILES string of the molecule is CCCCc1oc([C@@H](O)[C@H](O)[C@H](O)CO)cc1C(=O)OCC. The van der Waals surface area contributed by atoms with E-state index in [9.17, 15) is 20.1 Å². The highest BCUT2D eigenvalue weighted by Crippen LogP contribution is 2.26. The van der Waals surface area contributed by atoms with Gasteiger partial charge in [-0.05, 0) is 19.4 Å². The van der Waals surface area contributed by atoms with Crippen molar-refractivity contribution in [3.05, 3.63) is 23.2 Å². The van der Waals surface area contributed by atoms with Gasteiger partial charge in [0.2, 0.25) is 0 Å². The molecule has 1 rings (SSSR count). The standard InChI is InChI=1S/C15H24O7/c1-3-5-6-11-9(15(20)21-4-2)7-12(22-11)14(19)13(18)10(17)8-16/h7,10,13-14,16-19H,3-6,8H2,1-2H3/t10-,13-,14-/m1/s1. The average molecular weight is 316 g/mol. The van der Waals surface area contributed by atoms with Crippen LogP contribution < -0.4 is 0 Å². The van der Waals surface area contributed by atoms with Crippen LogP contribution in [0.3, 0.4) is 0 Å². The first kappa shape index (κ1) is 18.6. The fourth-order valence-electron chi connectivity index (χ4n) is 1.99. The molecule has 0 aliphatic carbocycles. The molecule has 0 spiro atoms. The molecular weight excluding hydrogens is 292 g/mol. The maximum atomic E-state index is 11.9. The molecule has 7 nitrogen and oxygen atoms in total. The van der Waals surface area contributed by atoms with Crippen molar-refractivity contribution in [1.29, 1.82) is 0 Å². The minimum Gasteiger partial charge on any atom is -0.462 e. The van der Waals surface area contributed by atoms with Crippen LogP contribution in [-0.2, 0) is 11.2 Å². The number of carbonyl (C=O) groups is 1. The van der Waals surface area contributed by atoms with Crippen molar-refractivity contribution < 1.29 is 34.4 Å². The zero-order chi connectivity index (χ0) is 16.7. The third kappa shape index (κ3) is 4.54. The first-order chi connectivity index (χ1) is 10.5. The Morgan fingerprint density at radius 3 is 2.55 bits per heavy atom. The molecule has 126 valence electrons. The van der Waals surface area contributed by atoms with E-state index >= 15 is 0 Å². The predicted octanol–water partition coefficient (Wildman–Crippen LogP) is 0.546. The van der Waals surface area contributed by atoms with Crippen molar-refractivity contribution in [1.82, 2.24) is 0 Å². The van der Waals surface area contributed by atoms with Gasteiger partial charge in [-0.25, -0.2) is 4.79 Å². The molecule has 0 amide bonds. The Morgan fingerprint density at radius 1 is 1.32 bits per heavy atom. The van der Waals surface area contributed by atoms with Gasteiger partial charge in [0.25, 0.3) is 0 Å². The summed E-state index contributed by atoms with van der Waals surface area (Å²) in [6.45, 7) is 3.18. The molecule has 1 aromatic heterocycles. The summed E-state index contributed by atoms with van der Waals surface area (Å²) in [6.07, 6.45) is -2.50. The van der Waals surface area contributed by atoms with Crippen LogP contribution in [0.1, 0.15) is 54.7 Å².